The van der Waals surface area contributed by atoms with Crippen molar-refractivity contribution in [3.63, 3.8) is 0 Å². The fourth-order valence-corrected chi connectivity index (χ4v) is 3.83. The Morgan fingerprint density at radius 2 is 2.35 bits per heavy atom. The average molecular weight is 292 g/mol. The van der Waals surface area contributed by atoms with Gasteiger partial charge in [0.2, 0.25) is 0 Å². The van der Waals surface area contributed by atoms with E-state index in [1.165, 1.54) is 30.8 Å². The van der Waals surface area contributed by atoms with Crippen molar-refractivity contribution in [3.05, 3.63) is 21.9 Å². The molecule has 20 heavy (non-hydrogen) atoms. The molecule has 0 aromatic carbocycles. The number of hydrogen-bond acceptors (Lipinski definition) is 4. The number of rotatable bonds is 5. The number of hydrogen-bond donors (Lipinski definition) is 1. The van der Waals surface area contributed by atoms with Crippen LogP contribution in [-0.4, -0.2) is 54.2 Å². The molecule has 1 saturated heterocycles. The first-order valence-corrected chi connectivity index (χ1v) is 8.15. The van der Waals surface area contributed by atoms with Crippen LogP contribution in [0, 0.1) is 11.8 Å². The van der Waals surface area contributed by atoms with E-state index >= 15 is 0 Å². The Balaban J connectivity index is 1.84. The van der Waals surface area contributed by atoms with E-state index in [4.69, 9.17) is 5.11 Å². The Bertz CT molecular complexity index is 474. The van der Waals surface area contributed by atoms with Crippen LogP contribution < -0.4 is 0 Å². The van der Waals surface area contributed by atoms with Gasteiger partial charge in [-0.3, -0.25) is 9.80 Å². The minimum absolute atomic E-state index is 0.0678. The van der Waals surface area contributed by atoms with Crippen molar-refractivity contribution in [1.82, 2.24) is 9.80 Å². The van der Waals surface area contributed by atoms with Crippen LogP contribution in [0.4, 0.5) is 0 Å². The summed E-state index contributed by atoms with van der Waals surface area (Å²) in [5.74, 6) is 5.67. The highest BCUT2D eigenvalue weighted by Gasteiger charge is 2.23. The summed E-state index contributed by atoms with van der Waals surface area (Å²) in [6.45, 7) is 6.74. The lowest BCUT2D eigenvalue weighted by molar-refractivity contribution is 0.195. The molecule has 1 fully saturated rings. The molecular formula is C16H24N2OS. The predicted molar refractivity (Wildman–Crippen MR) is 84.9 cm³/mol. The van der Waals surface area contributed by atoms with Crippen LogP contribution in [-0.2, 0) is 6.54 Å². The van der Waals surface area contributed by atoms with Gasteiger partial charge in [-0.05, 0) is 45.1 Å². The molecule has 2 rings (SSSR count). The van der Waals surface area contributed by atoms with Gasteiger partial charge in [0.1, 0.15) is 6.61 Å². The lowest BCUT2D eigenvalue weighted by Crippen LogP contribution is -2.38. The van der Waals surface area contributed by atoms with Gasteiger partial charge in [-0.1, -0.05) is 18.8 Å². The quantitative estimate of drug-likeness (QED) is 0.841. The van der Waals surface area contributed by atoms with Crippen LogP contribution in [0.15, 0.2) is 12.1 Å². The molecule has 2 heterocycles. The third kappa shape index (κ3) is 4.32. The molecule has 4 heteroatoms. The van der Waals surface area contributed by atoms with Gasteiger partial charge < -0.3 is 5.11 Å². The fourth-order valence-electron chi connectivity index (χ4n) is 2.87. The summed E-state index contributed by atoms with van der Waals surface area (Å²) in [6, 6.07) is 4.91. The second-order valence-electron chi connectivity index (χ2n) is 5.35. The fraction of sp³-hybridized carbons (Fsp3) is 0.625. The Labute approximate surface area is 126 Å². The maximum atomic E-state index is 8.71. The minimum atomic E-state index is -0.0678. The van der Waals surface area contributed by atoms with Crippen LogP contribution in [0.3, 0.4) is 0 Å². The molecule has 0 saturated carbocycles. The molecular weight excluding hydrogens is 268 g/mol. The highest BCUT2D eigenvalue weighted by molar-refractivity contribution is 7.12. The average Bonchev–Trinajstić information content (AvgIpc) is 3.05. The number of likely N-dealkylation sites (N-methyl/N-ethyl adjacent to an activating group) is 2. The van der Waals surface area contributed by atoms with E-state index < -0.39 is 0 Å². The Morgan fingerprint density at radius 1 is 1.50 bits per heavy atom. The number of likely N-dealkylation sites (tertiary alicyclic amines) is 1. The van der Waals surface area contributed by atoms with Gasteiger partial charge in [0.15, 0.2) is 0 Å². The van der Waals surface area contributed by atoms with Gasteiger partial charge >= 0.3 is 0 Å². The first-order chi connectivity index (χ1) is 9.72. The second kappa shape index (κ2) is 7.80. The maximum absolute atomic E-state index is 8.71. The van der Waals surface area contributed by atoms with Crippen LogP contribution in [0.25, 0.3) is 0 Å². The highest BCUT2D eigenvalue weighted by atomic mass is 32.1. The van der Waals surface area contributed by atoms with Crippen molar-refractivity contribution < 1.29 is 5.11 Å². The van der Waals surface area contributed by atoms with Crippen molar-refractivity contribution in [2.75, 3.05) is 33.3 Å². The van der Waals surface area contributed by atoms with Crippen LogP contribution >= 0.6 is 11.3 Å². The smallest absolute Gasteiger partial charge is 0.104 e. The molecule has 1 aliphatic heterocycles. The van der Waals surface area contributed by atoms with Crippen LogP contribution in [0.1, 0.15) is 29.5 Å². The molecule has 0 radical (unpaired) electrons. The molecule has 0 aliphatic carbocycles. The van der Waals surface area contributed by atoms with E-state index in [1.54, 1.807) is 11.3 Å². The molecule has 1 unspecified atom stereocenters. The first-order valence-electron chi connectivity index (χ1n) is 7.34. The molecule has 3 nitrogen and oxygen atoms in total. The Kier molecular flexibility index (Phi) is 6.06. The van der Waals surface area contributed by atoms with Crippen molar-refractivity contribution in [2.24, 2.45) is 0 Å². The summed E-state index contributed by atoms with van der Waals surface area (Å²) < 4.78 is 0. The van der Waals surface area contributed by atoms with Gasteiger partial charge in [0.25, 0.3) is 0 Å². The lowest BCUT2D eigenvalue weighted by atomic mass is 10.2. The topological polar surface area (TPSA) is 26.7 Å². The summed E-state index contributed by atoms with van der Waals surface area (Å²) >= 11 is 1.73. The van der Waals surface area contributed by atoms with Crippen LogP contribution in [0.5, 0.6) is 0 Å². The normalized spacial score (nSPS) is 19.3. The summed E-state index contributed by atoms with van der Waals surface area (Å²) in [5, 5.41) is 8.71. The lowest BCUT2D eigenvalue weighted by Gasteiger charge is -2.27. The van der Waals surface area contributed by atoms with E-state index in [-0.39, 0.29) is 6.61 Å². The minimum Gasteiger partial charge on any atom is -0.384 e. The van der Waals surface area contributed by atoms with Gasteiger partial charge in [-0.25, -0.2) is 0 Å². The zero-order valence-electron chi connectivity index (χ0n) is 12.4. The van der Waals surface area contributed by atoms with E-state index in [1.807, 2.05) is 6.07 Å². The van der Waals surface area contributed by atoms with Crippen molar-refractivity contribution >= 4 is 11.3 Å². The molecule has 1 aromatic heterocycles. The standard InChI is InChI=1S/C16H24N2OS/c1-3-18-10-4-6-14(18)12-17(2)13-16-9-8-15(20-16)7-5-11-19/h8-9,14,19H,3-4,6,10-13H2,1-2H3. The van der Waals surface area contributed by atoms with Crippen molar-refractivity contribution in [2.45, 2.75) is 32.4 Å². The number of aliphatic hydroxyl groups is 1. The molecule has 0 spiro atoms. The highest BCUT2D eigenvalue weighted by Crippen LogP contribution is 2.20. The van der Waals surface area contributed by atoms with E-state index in [0.29, 0.717) is 0 Å². The summed E-state index contributed by atoms with van der Waals surface area (Å²) in [6.07, 6.45) is 2.67. The largest absolute Gasteiger partial charge is 0.384 e. The predicted octanol–water partition coefficient (Wildman–Crippen LogP) is 2.01. The third-order valence-corrected chi connectivity index (χ3v) is 4.79. The first kappa shape index (κ1) is 15.5. The third-order valence-electron chi connectivity index (χ3n) is 3.81. The van der Waals surface area contributed by atoms with E-state index in [0.717, 1.165) is 24.0 Å². The van der Waals surface area contributed by atoms with Crippen molar-refractivity contribution in [3.8, 4) is 11.8 Å². The maximum Gasteiger partial charge on any atom is 0.104 e. The molecule has 1 atom stereocenters. The molecule has 1 aromatic rings. The molecule has 0 amide bonds. The number of nitrogens with zero attached hydrogens (tertiary/aromatic N) is 2. The monoisotopic (exact) mass is 292 g/mol. The second-order valence-corrected chi connectivity index (χ2v) is 6.52. The molecule has 1 aliphatic rings. The summed E-state index contributed by atoms with van der Waals surface area (Å²) in [5.41, 5.74) is 0. The Morgan fingerprint density at radius 3 is 3.10 bits per heavy atom. The van der Waals surface area contributed by atoms with Gasteiger partial charge in [0, 0.05) is 24.0 Å². The zero-order valence-corrected chi connectivity index (χ0v) is 13.2. The van der Waals surface area contributed by atoms with Gasteiger partial charge in [-0.15, -0.1) is 11.3 Å². The summed E-state index contributed by atoms with van der Waals surface area (Å²) in [4.78, 5) is 7.38. The molecule has 110 valence electrons. The number of thiophene rings is 1. The zero-order chi connectivity index (χ0) is 14.4. The van der Waals surface area contributed by atoms with Gasteiger partial charge in [0.05, 0.1) is 4.88 Å². The summed E-state index contributed by atoms with van der Waals surface area (Å²) in [7, 11) is 2.20. The molecule has 0 bridgehead atoms. The van der Waals surface area contributed by atoms with Crippen molar-refractivity contribution in [1.29, 1.82) is 0 Å². The Hall–Kier alpha value is -0.860. The van der Waals surface area contributed by atoms with Crippen LogP contribution in [0.2, 0.25) is 0 Å². The SMILES string of the molecule is CCN1CCCC1CN(C)Cc1ccc(C#CCO)s1. The van der Waals surface area contributed by atoms with E-state index in [9.17, 15) is 0 Å². The van der Waals surface area contributed by atoms with E-state index in [2.05, 4.69) is 41.7 Å². The number of aliphatic hydroxyl groups excluding tert-OH is 1. The molecule has 1 N–H and O–H groups in total. The van der Waals surface area contributed by atoms with Gasteiger partial charge in [-0.2, -0.15) is 0 Å².